The molecule has 2 aromatic heterocycles. The van der Waals surface area contributed by atoms with Crippen molar-refractivity contribution < 1.29 is 9.59 Å². The number of anilines is 1. The molecule has 0 bridgehead atoms. The fourth-order valence-corrected chi connectivity index (χ4v) is 3.82. The lowest BCUT2D eigenvalue weighted by molar-refractivity contribution is -0.122. The number of pyridine rings is 1. The van der Waals surface area contributed by atoms with Gasteiger partial charge in [-0.1, -0.05) is 17.7 Å². The molecule has 0 unspecified atom stereocenters. The van der Waals surface area contributed by atoms with Crippen molar-refractivity contribution in [1.82, 2.24) is 14.9 Å². The summed E-state index contributed by atoms with van der Waals surface area (Å²) in [5, 5.41) is 3.16. The van der Waals surface area contributed by atoms with E-state index in [0.29, 0.717) is 10.7 Å². The molecule has 1 aliphatic heterocycles. The van der Waals surface area contributed by atoms with E-state index >= 15 is 0 Å². The molecule has 0 radical (unpaired) electrons. The van der Waals surface area contributed by atoms with Gasteiger partial charge in [-0.15, -0.1) is 0 Å². The highest BCUT2D eigenvalue weighted by molar-refractivity contribution is 7.80. The van der Waals surface area contributed by atoms with Crippen molar-refractivity contribution in [1.29, 1.82) is 0 Å². The average molecular weight is 437 g/mol. The van der Waals surface area contributed by atoms with Gasteiger partial charge in [0.25, 0.3) is 11.8 Å². The van der Waals surface area contributed by atoms with Crippen LogP contribution in [0.3, 0.4) is 0 Å². The number of nitrogens with zero attached hydrogens (tertiary/aromatic N) is 3. The van der Waals surface area contributed by atoms with Gasteiger partial charge in [0.05, 0.1) is 5.69 Å². The maximum atomic E-state index is 13.2. The minimum Gasteiger partial charge on any atom is -0.303 e. The van der Waals surface area contributed by atoms with Gasteiger partial charge in [-0.3, -0.25) is 19.8 Å². The summed E-state index contributed by atoms with van der Waals surface area (Å²) in [5.41, 5.74) is 3.08. The number of nitrogens with one attached hydrogen (secondary N) is 1. The highest BCUT2D eigenvalue weighted by atomic mass is 35.5. The number of amides is 2. The summed E-state index contributed by atoms with van der Waals surface area (Å²) in [5.74, 6) is -0.257. The third-order valence-corrected chi connectivity index (χ3v) is 5.37. The molecule has 3 heterocycles. The zero-order valence-corrected chi connectivity index (χ0v) is 17.8. The Morgan fingerprint density at radius 3 is 2.50 bits per heavy atom. The van der Waals surface area contributed by atoms with E-state index in [1.807, 2.05) is 42.7 Å². The van der Waals surface area contributed by atoms with Crippen LogP contribution in [0.4, 0.5) is 5.69 Å². The van der Waals surface area contributed by atoms with Crippen LogP contribution in [0.5, 0.6) is 0 Å². The minimum absolute atomic E-state index is 0.000166. The lowest BCUT2D eigenvalue weighted by Crippen LogP contribution is -2.54. The number of carbonyl (C=O) groups excluding carboxylic acids is 2. The van der Waals surface area contributed by atoms with Crippen molar-refractivity contribution in [3.63, 3.8) is 0 Å². The third kappa shape index (κ3) is 3.53. The molecule has 30 heavy (non-hydrogen) atoms. The van der Waals surface area contributed by atoms with E-state index < -0.39 is 11.8 Å². The van der Waals surface area contributed by atoms with Crippen LogP contribution in [0, 0.1) is 13.8 Å². The van der Waals surface area contributed by atoms with Gasteiger partial charge in [0, 0.05) is 22.6 Å². The van der Waals surface area contributed by atoms with Gasteiger partial charge in [0.2, 0.25) is 0 Å². The Bertz CT molecular complexity index is 1200. The maximum Gasteiger partial charge on any atom is 0.270 e. The Labute approximate surface area is 183 Å². The quantitative estimate of drug-likeness (QED) is 0.383. The summed E-state index contributed by atoms with van der Waals surface area (Å²) in [6.07, 6.45) is 3.31. The fraction of sp³-hybridized carbons (Fsp3) is 0.0909. The van der Waals surface area contributed by atoms with Crippen LogP contribution in [0.1, 0.15) is 17.0 Å². The van der Waals surface area contributed by atoms with Crippen molar-refractivity contribution in [3.05, 3.63) is 82.3 Å². The van der Waals surface area contributed by atoms with E-state index in [0.717, 1.165) is 22.8 Å². The van der Waals surface area contributed by atoms with E-state index in [-0.39, 0.29) is 10.7 Å². The summed E-state index contributed by atoms with van der Waals surface area (Å²) in [4.78, 5) is 31.4. The molecule has 150 valence electrons. The van der Waals surface area contributed by atoms with Gasteiger partial charge in [-0.2, -0.15) is 0 Å². The predicted molar refractivity (Wildman–Crippen MR) is 121 cm³/mol. The van der Waals surface area contributed by atoms with Crippen molar-refractivity contribution in [3.8, 4) is 5.82 Å². The van der Waals surface area contributed by atoms with Crippen LogP contribution in [-0.4, -0.2) is 26.5 Å². The molecule has 0 atom stereocenters. The van der Waals surface area contributed by atoms with Gasteiger partial charge in [0.1, 0.15) is 11.4 Å². The third-order valence-electron chi connectivity index (χ3n) is 4.84. The molecule has 1 fully saturated rings. The largest absolute Gasteiger partial charge is 0.303 e. The van der Waals surface area contributed by atoms with E-state index in [2.05, 4.69) is 10.3 Å². The average Bonchev–Trinajstić information content (AvgIpc) is 3.00. The second-order valence-corrected chi connectivity index (χ2v) is 7.61. The Morgan fingerprint density at radius 1 is 1.10 bits per heavy atom. The summed E-state index contributed by atoms with van der Waals surface area (Å²) in [6, 6.07) is 14.2. The smallest absolute Gasteiger partial charge is 0.270 e. The van der Waals surface area contributed by atoms with Crippen molar-refractivity contribution in [2.45, 2.75) is 13.8 Å². The molecule has 0 saturated carbocycles. The first kappa shape index (κ1) is 20.0. The van der Waals surface area contributed by atoms with E-state index in [4.69, 9.17) is 23.8 Å². The van der Waals surface area contributed by atoms with Crippen LogP contribution >= 0.6 is 23.8 Å². The monoisotopic (exact) mass is 436 g/mol. The Hall–Kier alpha value is -3.29. The predicted octanol–water partition coefficient (Wildman–Crippen LogP) is 3.97. The lowest BCUT2D eigenvalue weighted by Gasteiger charge is -2.28. The lowest BCUT2D eigenvalue weighted by atomic mass is 10.1. The number of aryl methyl sites for hydroxylation is 1. The number of aromatic nitrogens is 2. The maximum absolute atomic E-state index is 13.2. The van der Waals surface area contributed by atoms with E-state index in [9.17, 15) is 9.59 Å². The molecular weight excluding hydrogens is 420 g/mol. The highest BCUT2D eigenvalue weighted by Crippen LogP contribution is 2.26. The first-order valence-electron chi connectivity index (χ1n) is 9.14. The van der Waals surface area contributed by atoms with Gasteiger partial charge in [-0.25, -0.2) is 4.98 Å². The second-order valence-electron chi connectivity index (χ2n) is 6.78. The summed E-state index contributed by atoms with van der Waals surface area (Å²) < 4.78 is 1.97. The number of thiocarbonyl (C=S) groups is 1. The zero-order valence-electron chi connectivity index (χ0n) is 16.2. The second kappa shape index (κ2) is 7.85. The van der Waals surface area contributed by atoms with Crippen LogP contribution in [0.15, 0.2) is 60.3 Å². The number of halogens is 1. The fourth-order valence-electron chi connectivity index (χ4n) is 3.41. The number of hydrogen-bond donors (Lipinski definition) is 1. The van der Waals surface area contributed by atoms with Gasteiger partial charge >= 0.3 is 0 Å². The number of carbonyl (C=O) groups is 2. The summed E-state index contributed by atoms with van der Waals surface area (Å²) in [6.45, 7) is 3.86. The molecule has 0 spiro atoms. The van der Waals surface area contributed by atoms with Crippen LogP contribution in [-0.2, 0) is 9.59 Å². The normalized spacial score (nSPS) is 15.6. The molecule has 1 aliphatic rings. The first-order valence-corrected chi connectivity index (χ1v) is 9.93. The van der Waals surface area contributed by atoms with E-state index in [1.165, 1.54) is 4.90 Å². The SMILES string of the molecule is Cc1cc(/C=C2\C(=O)NC(=S)N(c3ccc(Cl)cc3)C2=O)c(C)n1-c1ccccn1. The Balaban J connectivity index is 1.76. The Morgan fingerprint density at radius 2 is 1.83 bits per heavy atom. The van der Waals surface area contributed by atoms with Crippen molar-refractivity contribution in [2.24, 2.45) is 0 Å². The molecule has 2 amide bonds. The number of benzene rings is 1. The number of hydrogen-bond acceptors (Lipinski definition) is 4. The summed E-state index contributed by atoms with van der Waals surface area (Å²) in [7, 11) is 0. The van der Waals surface area contributed by atoms with Crippen LogP contribution in [0.2, 0.25) is 5.02 Å². The van der Waals surface area contributed by atoms with Crippen LogP contribution in [0.25, 0.3) is 11.9 Å². The molecule has 1 saturated heterocycles. The van der Waals surface area contributed by atoms with Gasteiger partial charge in [0.15, 0.2) is 5.11 Å². The topological polar surface area (TPSA) is 67.2 Å². The molecule has 6 nitrogen and oxygen atoms in total. The highest BCUT2D eigenvalue weighted by Gasteiger charge is 2.34. The number of rotatable bonds is 3. The van der Waals surface area contributed by atoms with Crippen LogP contribution < -0.4 is 10.2 Å². The zero-order chi connectivity index (χ0) is 21.4. The molecule has 1 aromatic carbocycles. The molecule has 0 aliphatic carbocycles. The van der Waals surface area contributed by atoms with Gasteiger partial charge in [-0.05, 0) is 80.2 Å². The summed E-state index contributed by atoms with van der Waals surface area (Å²) >= 11 is 11.2. The van der Waals surface area contributed by atoms with Crippen molar-refractivity contribution in [2.75, 3.05) is 4.90 Å². The first-order chi connectivity index (χ1) is 14.4. The minimum atomic E-state index is -0.530. The molecule has 8 heteroatoms. The molecule has 3 aromatic rings. The Kier molecular flexibility index (Phi) is 5.24. The standard InChI is InChI=1S/C22H17ClN4O2S/c1-13-11-15(14(2)26(13)19-5-3-4-10-24-19)12-18-20(28)25-22(30)27(21(18)29)17-8-6-16(23)7-9-17/h3-12H,1-2H3,(H,25,28,30)/b18-12+. The van der Waals surface area contributed by atoms with Gasteiger partial charge < -0.3 is 4.57 Å². The molecular formula is C22H17ClN4O2S. The molecule has 4 rings (SSSR count). The molecule has 1 N–H and O–H groups in total. The van der Waals surface area contributed by atoms with E-state index in [1.54, 1.807) is 36.5 Å². The van der Waals surface area contributed by atoms with Crippen molar-refractivity contribution >= 4 is 52.5 Å².